The number of hydrogen-bond donors (Lipinski definition) is 2. The molecule has 0 aliphatic heterocycles. The summed E-state index contributed by atoms with van der Waals surface area (Å²) in [6, 6.07) is 13.6. The Morgan fingerprint density at radius 1 is 1.15 bits per heavy atom. The van der Waals surface area contributed by atoms with E-state index in [4.69, 9.17) is 0 Å². The number of anilines is 3. The molecule has 0 saturated carbocycles. The predicted octanol–water partition coefficient (Wildman–Crippen LogP) is 4.03. The second-order valence-corrected chi connectivity index (χ2v) is 7.49. The summed E-state index contributed by atoms with van der Waals surface area (Å²) in [5.41, 5.74) is 2.45. The van der Waals surface area contributed by atoms with Gasteiger partial charge < -0.3 is 15.5 Å². The van der Waals surface area contributed by atoms with E-state index in [1.54, 1.807) is 0 Å². The third-order valence-electron chi connectivity index (χ3n) is 3.73. The van der Waals surface area contributed by atoms with Crippen molar-refractivity contribution in [3.8, 4) is 0 Å². The number of likely N-dealkylation sites (N-methyl/N-ethyl adjacent to an activating group) is 1. The van der Waals surface area contributed by atoms with Crippen LogP contribution in [0.15, 0.2) is 60.9 Å². The van der Waals surface area contributed by atoms with Crippen LogP contribution in [0.5, 0.6) is 0 Å². The van der Waals surface area contributed by atoms with Gasteiger partial charge in [0.1, 0.15) is 12.1 Å². The molecule has 0 fully saturated rings. The monoisotopic (exact) mass is 470 g/mol. The third-order valence-corrected chi connectivity index (χ3v) is 4.40. The molecule has 27 heavy (non-hydrogen) atoms. The van der Waals surface area contributed by atoms with Gasteiger partial charge in [0.15, 0.2) is 0 Å². The van der Waals surface area contributed by atoms with E-state index in [0.717, 1.165) is 20.2 Å². The summed E-state index contributed by atoms with van der Waals surface area (Å²) in [4.78, 5) is 22.7. The third kappa shape index (κ3) is 5.48. The zero-order valence-electron chi connectivity index (χ0n) is 15.1. The summed E-state index contributed by atoms with van der Waals surface area (Å²) in [5.74, 6) is 0.529. The number of aromatic nitrogens is 2. The van der Waals surface area contributed by atoms with Crippen molar-refractivity contribution in [1.29, 1.82) is 0 Å². The van der Waals surface area contributed by atoms with Crippen molar-refractivity contribution in [2.45, 2.75) is 0 Å². The van der Waals surface area contributed by atoms with Crippen LogP contribution in [-0.4, -0.2) is 41.4 Å². The van der Waals surface area contributed by atoms with Gasteiger partial charge in [-0.2, -0.15) is 0 Å². The Bertz CT molecular complexity index is 987. The molecule has 6 nitrogen and oxygen atoms in total. The van der Waals surface area contributed by atoms with Gasteiger partial charge in [0.2, 0.25) is 5.91 Å². The molecule has 0 saturated heterocycles. The number of benzene rings is 2. The number of rotatable bonds is 6. The van der Waals surface area contributed by atoms with Crippen LogP contribution in [-0.2, 0) is 4.79 Å². The molecule has 0 radical (unpaired) electrons. The lowest BCUT2D eigenvalue weighted by Crippen LogP contribution is -2.12. The van der Waals surface area contributed by atoms with Gasteiger partial charge in [-0.15, -0.1) is 0 Å². The van der Waals surface area contributed by atoms with Gasteiger partial charge in [-0.3, -0.25) is 4.79 Å². The maximum absolute atomic E-state index is 12.1. The Labute approximate surface area is 171 Å². The van der Waals surface area contributed by atoms with Crippen molar-refractivity contribution in [2.75, 3.05) is 31.3 Å². The Morgan fingerprint density at radius 2 is 2.00 bits per heavy atom. The molecule has 3 aromatic rings. The molecule has 0 spiro atoms. The summed E-state index contributed by atoms with van der Waals surface area (Å²) in [6.45, 7) is 0.711. The molecule has 0 aliphatic rings. The molecule has 7 heteroatoms. The van der Waals surface area contributed by atoms with Gasteiger partial charge in [0.05, 0.1) is 5.52 Å². The SMILES string of the molecule is CN(C)CC=CC(=O)Nc1ccc2ncnc(Nc3cccc([124I])c3)c2c1. The molecule has 3 rings (SSSR count). The van der Waals surface area contributed by atoms with Gasteiger partial charge in [0.25, 0.3) is 0 Å². The van der Waals surface area contributed by atoms with E-state index in [0.29, 0.717) is 18.1 Å². The van der Waals surface area contributed by atoms with Crippen LogP contribution in [0.2, 0.25) is 0 Å². The average Bonchev–Trinajstić information content (AvgIpc) is 2.62. The molecular weight excluding hydrogens is 450 g/mol. The first-order valence-electron chi connectivity index (χ1n) is 8.41. The highest BCUT2D eigenvalue weighted by Gasteiger charge is 2.07. The van der Waals surface area contributed by atoms with E-state index in [9.17, 15) is 4.79 Å². The van der Waals surface area contributed by atoms with Crippen molar-refractivity contribution in [1.82, 2.24) is 14.9 Å². The zero-order valence-corrected chi connectivity index (χ0v) is 17.3. The summed E-state index contributed by atoms with van der Waals surface area (Å²) in [6.07, 6.45) is 4.89. The molecule has 0 bridgehead atoms. The van der Waals surface area contributed by atoms with E-state index in [2.05, 4.69) is 43.2 Å². The molecule has 1 amide bonds. The standard InChI is InChI=1S/C20H20IN5O/c1-26(2)10-4-7-19(27)24-16-8-9-18-17(12-16)20(23-13-22-18)25-15-6-3-5-14(21)11-15/h3-9,11-13H,10H2,1-2H3,(H,24,27)(H,22,23,25)/i21-3. The Balaban J connectivity index is 1.83. The summed E-state index contributed by atoms with van der Waals surface area (Å²) in [5, 5.41) is 7.05. The van der Waals surface area contributed by atoms with E-state index in [-0.39, 0.29) is 5.91 Å². The van der Waals surface area contributed by atoms with E-state index in [1.165, 1.54) is 12.4 Å². The van der Waals surface area contributed by atoms with Crippen LogP contribution in [0.4, 0.5) is 17.2 Å². The lowest BCUT2D eigenvalue weighted by Gasteiger charge is -2.10. The van der Waals surface area contributed by atoms with Gasteiger partial charge in [0, 0.05) is 33.0 Å². The molecule has 1 aromatic heterocycles. The smallest absolute Gasteiger partial charge is 0.248 e. The van der Waals surface area contributed by atoms with E-state index in [1.807, 2.05) is 67.5 Å². The normalized spacial score (nSPS) is 11.3. The van der Waals surface area contributed by atoms with Crippen molar-refractivity contribution in [3.63, 3.8) is 0 Å². The Morgan fingerprint density at radius 3 is 2.78 bits per heavy atom. The Hall–Kier alpha value is -2.52. The number of carbonyl (C=O) groups is 1. The van der Waals surface area contributed by atoms with Gasteiger partial charge in [-0.1, -0.05) is 12.1 Å². The maximum Gasteiger partial charge on any atom is 0.248 e. The summed E-state index contributed by atoms with van der Waals surface area (Å²) >= 11 is 2.27. The number of nitrogens with zero attached hydrogens (tertiary/aromatic N) is 3. The average molecular weight is 470 g/mol. The first-order valence-corrected chi connectivity index (χ1v) is 9.49. The number of nitrogens with one attached hydrogen (secondary N) is 2. The number of hydrogen-bond acceptors (Lipinski definition) is 5. The van der Waals surface area contributed by atoms with Crippen LogP contribution >= 0.6 is 22.6 Å². The van der Waals surface area contributed by atoms with Crippen LogP contribution in [0, 0.1) is 3.57 Å². The Kier molecular flexibility index (Phi) is 6.36. The van der Waals surface area contributed by atoms with Crippen molar-refractivity contribution in [3.05, 3.63) is 64.5 Å². The van der Waals surface area contributed by atoms with Crippen LogP contribution < -0.4 is 10.6 Å². The first kappa shape index (κ1) is 19.2. The second kappa shape index (κ2) is 8.92. The van der Waals surface area contributed by atoms with Crippen LogP contribution in [0.3, 0.4) is 0 Å². The summed E-state index contributed by atoms with van der Waals surface area (Å²) in [7, 11) is 3.90. The topological polar surface area (TPSA) is 70.2 Å². The lowest BCUT2D eigenvalue weighted by molar-refractivity contribution is -0.111. The highest BCUT2D eigenvalue weighted by molar-refractivity contribution is 14.1. The van der Waals surface area contributed by atoms with Crippen molar-refractivity contribution >= 4 is 56.6 Å². The van der Waals surface area contributed by atoms with Crippen molar-refractivity contribution in [2.24, 2.45) is 0 Å². The largest absolute Gasteiger partial charge is 0.340 e. The molecule has 0 unspecified atom stereocenters. The molecule has 0 atom stereocenters. The van der Waals surface area contributed by atoms with E-state index < -0.39 is 0 Å². The molecular formula is C20H20IN5O. The predicted molar refractivity (Wildman–Crippen MR) is 118 cm³/mol. The van der Waals surface area contributed by atoms with E-state index >= 15 is 0 Å². The van der Waals surface area contributed by atoms with Gasteiger partial charge >= 0.3 is 0 Å². The maximum atomic E-state index is 12.1. The fraction of sp³-hybridized carbons (Fsp3) is 0.150. The molecule has 1 heterocycles. The minimum atomic E-state index is -0.167. The molecule has 2 N–H and O–H groups in total. The lowest BCUT2D eigenvalue weighted by atomic mass is 10.2. The fourth-order valence-corrected chi connectivity index (χ4v) is 3.03. The van der Waals surface area contributed by atoms with Gasteiger partial charge in [-0.05, 0) is 73.1 Å². The van der Waals surface area contributed by atoms with Crippen LogP contribution in [0.25, 0.3) is 10.9 Å². The van der Waals surface area contributed by atoms with Crippen molar-refractivity contribution < 1.29 is 4.79 Å². The first-order chi connectivity index (χ1) is 13.0. The summed E-state index contributed by atoms with van der Waals surface area (Å²) < 4.78 is 1.13. The number of fused-ring (bicyclic) bond motifs is 1. The quantitative estimate of drug-likeness (QED) is 0.421. The minimum absolute atomic E-state index is 0.167. The number of amides is 1. The number of halogens is 1. The van der Waals surface area contributed by atoms with Crippen LogP contribution in [0.1, 0.15) is 0 Å². The fourth-order valence-electron chi connectivity index (χ4n) is 2.49. The zero-order chi connectivity index (χ0) is 19.2. The molecule has 0 aliphatic carbocycles. The highest BCUT2D eigenvalue weighted by Crippen LogP contribution is 2.26. The number of carbonyl (C=O) groups excluding carboxylic acids is 1. The minimum Gasteiger partial charge on any atom is -0.340 e. The highest BCUT2D eigenvalue weighted by atomic mass is 124. The van der Waals surface area contributed by atoms with Gasteiger partial charge in [-0.25, -0.2) is 9.97 Å². The second-order valence-electron chi connectivity index (χ2n) is 6.24. The molecule has 2 aromatic carbocycles. The molecule has 138 valence electrons.